The summed E-state index contributed by atoms with van der Waals surface area (Å²) in [5.41, 5.74) is -0.660. The van der Waals surface area contributed by atoms with Crippen molar-refractivity contribution in [1.82, 2.24) is 19.4 Å². The van der Waals surface area contributed by atoms with Crippen molar-refractivity contribution in [2.45, 2.75) is 77.4 Å². The van der Waals surface area contributed by atoms with Crippen molar-refractivity contribution in [2.75, 3.05) is 13.1 Å². The van der Waals surface area contributed by atoms with E-state index in [-0.39, 0.29) is 18.0 Å². The molecule has 33 heavy (non-hydrogen) atoms. The number of aliphatic hydroxyl groups is 1. The minimum absolute atomic E-state index is 0.158. The zero-order chi connectivity index (χ0) is 23.5. The quantitative estimate of drug-likeness (QED) is 0.723. The summed E-state index contributed by atoms with van der Waals surface area (Å²) in [7, 11) is 0. The number of nitrogens with zero attached hydrogens (tertiary/aromatic N) is 4. The first-order chi connectivity index (χ1) is 15.8. The highest BCUT2D eigenvalue weighted by Crippen LogP contribution is 2.40. The first kappa shape index (κ1) is 23.6. The molecule has 1 aliphatic carbocycles. The summed E-state index contributed by atoms with van der Waals surface area (Å²) in [5.74, 6) is 0.874. The third kappa shape index (κ3) is 5.35. The second kappa shape index (κ2) is 9.75. The van der Waals surface area contributed by atoms with E-state index in [1.165, 1.54) is 42.9 Å². The molecule has 7 nitrogen and oxygen atoms in total. The van der Waals surface area contributed by atoms with Crippen LogP contribution in [-0.4, -0.2) is 49.1 Å². The first-order valence-corrected chi connectivity index (χ1v) is 12.3. The molecule has 4 rings (SSSR count). The van der Waals surface area contributed by atoms with E-state index in [9.17, 15) is 14.7 Å². The number of carbonyl (C=O) groups excluding carboxylic acids is 1. The number of amides is 1. The van der Waals surface area contributed by atoms with Gasteiger partial charge >= 0.3 is 0 Å². The zero-order valence-electron chi connectivity index (χ0n) is 19.9. The Morgan fingerprint density at radius 2 is 1.94 bits per heavy atom. The number of hydrogen-bond acceptors (Lipinski definition) is 5. The van der Waals surface area contributed by atoms with Crippen molar-refractivity contribution in [3.05, 3.63) is 47.1 Å². The summed E-state index contributed by atoms with van der Waals surface area (Å²) in [6.07, 6.45) is 13.0. The van der Waals surface area contributed by atoms with Crippen LogP contribution >= 0.6 is 0 Å². The van der Waals surface area contributed by atoms with E-state index in [0.29, 0.717) is 43.2 Å². The molecule has 7 heteroatoms. The molecule has 3 heterocycles. The largest absolute Gasteiger partial charge is 0.387 e. The third-order valence-corrected chi connectivity index (χ3v) is 7.72. The Morgan fingerprint density at radius 3 is 2.64 bits per heavy atom. The smallest absolute Gasteiger partial charge is 0.269 e. The van der Waals surface area contributed by atoms with Gasteiger partial charge in [-0.25, -0.2) is 4.98 Å². The molecule has 0 radical (unpaired) electrons. The topological polar surface area (TPSA) is 88.3 Å². The standard InChI is InChI=1S/C26H36N4O3/c1-25(2)18-29(23(31)12-11-20-8-4-3-5-9-20)15-13-26(25,33)19-30-17-22(28-16-24(30)32)21-10-6-7-14-27-21/h6-7,10,14,16-17,20,33H,3-5,8-9,11-13,15,18-19H2,1-2H3. The normalized spacial score (nSPS) is 23.4. The van der Waals surface area contributed by atoms with Crippen LogP contribution in [0.4, 0.5) is 0 Å². The number of pyridine rings is 1. The summed E-state index contributed by atoms with van der Waals surface area (Å²) in [4.78, 5) is 35.9. The fourth-order valence-electron chi connectivity index (χ4n) is 5.32. The van der Waals surface area contributed by atoms with Crippen LogP contribution in [0.2, 0.25) is 0 Å². The monoisotopic (exact) mass is 452 g/mol. The molecule has 0 bridgehead atoms. The molecule has 0 aromatic carbocycles. The molecule has 1 amide bonds. The maximum atomic E-state index is 12.9. The van der Waals surface area contributed by atoms with Crippen LogP contribution in [0.3, 0.4) is 0 Å². The van der Waals surface area contributed by atoms with Crippen molar-refractivity contribution in [1.29, 1.82) is 0 Å². The first-order valence-electron chi connectivity index (χ1n) is 12.3. The van der Waals surface area contributed by atoms with Crippen molar-refractivity contribution in [3.8, 4) is 11.4 Å². The van der Waals surface area contributed by atoms with Crippen LogP contribution in [0.25, 0.3) is 11.4 Å². The van der Waals surface area contributed by atoms with Crippen LogP contribution in [-0.2, 0) is 11.3 Å². The number of likely N-dealkylation sites (tertiary alicyclic amines) is 1. The maximum Gasteiger partial charge on any atom is 0.269 e. The second-order valence-electron chi connectivity index (χ2n) is 10.5. The molecule has 2 aliphatic rings. The van der Waals surface area contributed by atoms with Gasteiger partial charge in [0, 0.05) is 37.3 Å². The Hall–Kier alpha value is -2.54. The van der Waals surface area contributed by atoms with Gasteiger partial charge in [-0.2, -0.15) is 0 Å². The van der Waals surface area contributed by atoms with Crippen molar-refractivity contribution in [3.63, 3.8) is 0 Å². The average Bonchev–Trinajstić information content (AvgIpc) is 2.82. The lowest BCUT2D eigenvalue weighted by molar-refractivity contribution is -0.154. The van der Waals surface area contributed by atoms with Gasteiger partial charge in [-0.3, -0.25) is 14.6 Å². The van der Waals surface area contributed by atoms with Gasteiger partial charge in [0.25, 0.3) is 5.56 Å². The van der Waals surface area contributed by atoms with E-state index in [0.717, 1.165) is 6.42 Å². The van der Waals surface area contributed by atoms with E-state index < -0.39 is 11.0 Å². The SMILES string of the molecule is CC1(C)CN(C(=O)CCC2CCCCC2)CCC1(O)Cn1cc(-c2ccccn2)ncc1=O. The van der Waals surface area contributed by atoms with Gasteiger partial charge in [-0.05, 0) is 30.9 Å². The Labute approximate surface area is 195 Å². The Bertz CT molecular complexity index is 1010. The molecule has 1 N–H and O–H groups in total. The predicted octanol–water partition coefficient (Wildman–Crippen LogP) is 3.66. The number of hydrogen-bond donors (Lipinski definition) is 1. The van der Waals surface area contributed by atoms with Gasteiger partial charge in [0.05, 0.1) is 24.0 Å². The van der Waals surface area contributed by atoms with Crippen LogP contribution in [0, 0.1) is 11.3 Å². The Kier molecular flexibility index (Phi) is 6.98. The molecular formula is C26H36N4O3. The number of piperidine rings is 1. The molecule has 1 saturated carbocycles. The highest BCUT2D eigenvalue weighted by Gasteiger charge is 2.48. The number of rotatable bonds is 6. The highest BCUT2D eigenvalue weighted by molar-refractivity contribution is 5.76. The van der Waals surface area contributed by atoms with Gasteiger partial charge in [0.1, 0.15) is 5.69 Å². The van der Waals surface area contributed by atoms with Gasteiger partial charge in [-0.1, -0.05) is 52.0 Å². The molecule has 1 saturated heterocycles. The summed E-state index contributed by atoms with van der Waals surface area (Å²) < 4.78 is 1.53. The molecule has 1 atom stereocenters. The van der Waals surface area contributed by atoms with Crippen molar-refractivity contribution in [2.24, 2.45) is 11.3 Å². The van der Waals surface area contributed by atoms with Crippen LogP contribution in [0.15, 0.2) is 41.6 Å². The van der Waals surface area contributed by atoms with Gasteiger partial charge in [-0.15, -0.1) is 0 Å². The third-order valence-electron chi connectivity index (χ3n) is 7.72. The van der Waals surface area contributed by atoms with E-state index in [4.69, 9.17) is 0 Å². The zero-order valence-corrected chi connectivity index (χ0v) is 19.9. The molecule has 178 valence electrons. The Morgan fingerprint density at radius 1 is 1.15 bits per heavy atom. The van der Waals surface area contributed by atoms with Crippen LogP contribution in [0.1, 0.15) is 65.2 Å². The summed E-state index contributed by atoms with van der Waals surface area (Å²) in [5, 5.41) is 11.6. The van der Waals surface area contributed by atoms with E-state index in [1.54, 1.807) is 12.4 Å². The average molecular weight is 453 g/mol. The number of aromatic nitrogens is 3. The summed E-state index contributed by atoms with van der Waals surface area (Å²) in [6.45, 7) is 5.13. The lowest BCUT2D eigenvalue weighted by Gasteiger charge is -2.50. The maximum absolute atomic E-state index is 12.9. The molecule has 2 aromatic rings. The van der Waals surface area contributed by atoms with Crippen molar-refractivity contribution >= 4 is 5.91 Å². The molecule has 1 unspecified atom stereocenters. The van der Waals surface area contributed by atoms with Gasteiger partial charge in [0.15, 0.2) is 0 Å². The second-order valence-corrected chi connectivity index (χ2v) is 10.5. The lowest BCUT2D eigenvalue weighted by atomic mass is 9.69. The highest BCUT2D eigenvalue weighted by atomic mass is 16.3. The minimum Gasteiger partial charge on any atom is -0.387 e. The van der Waals surface area contributed by atoms with E-state index in [1.807, 2.05) is 36.9 Å². The van der Waals surface area contributed by atoms with Crippen molar-refractivity contribution < 1.29 is 9.90 Å². The fourth-order valence-corrected chi connectivity index (χ4v) is 5.32. The predicted molar refractivity (Wildman–Crippen MR) is 127 cm³/mol. The molecule has 0 spiro atoms. The lowest BCUT2D eigenvalue weighted by Crippen LogP contribution is -2.60. The molecule has 2 aromatic heterocycles. The Balaban J connectivity index is 1.43. The molecular weight excluding hydrogens is 416 g/mol. The minimum atomic E-state index is -1.11. The fraction of sp³-hybridized carbons (Fsp3) is 0.615. The van der Waals surface area contributed by atoms with Crippen LogP contribution < -0.4 is 5.56 Å². The number of carbonyl (C=O) groups is 1. The van der Waals surface area contributed by atoms with Gasteiger partial charge < -0.3 is 14.6 Å². The molecule has 1 aliphatic heterocycles. The van der Waals surface area contributed by atoms with Crippen LogP contribution in [0.5, 0.6) is 0 Å². The summed E-state index contributed by atoms with van der Waals surface area (Å²) >= 11 is 0. The van der Waals surface area contributed by atoms with E-state index in [2.05, 4.69) is 9.97 Å². The summed E-state index contributed by atoms with van der Waals surface area (Å²) in [6, 6.07) is 5.54. The molecule has 2 fully saturated rings. The van der Waals surface area contributed by atoms with Gasteiger partial charge in [0.2, 0.25) is 5.91 Å². The van der Waals surface area contributed by atoms with E-state index >= 15 is 0 Å².